The van der Waals surface area contributed by atoms with Crippen LogP contribution in [0, 0.1) is 5.82 Å². The minimum atomic E-state index is -0.475. The summed E-state index contributed by atoms with van der Waals surface area (Å²) in [4.78, 5) is 26.4. The predicted molar refractivity (Wildman–Crippen MR) is 78.9 cm³/mol. The van der Waals surface area contributed by atoms with E-state index in [1.807, 2.05) is 0 Å². The molecule has 0 saturated carbocycles. The van der Waals surface area contributed by atoms with E-state index in [9.17, 15) is 14.0 Å². The maximum Gasteiger partial charge on any atom is 0.255 e. The lowest BCUT2D eigenvalue weighted by Gasteiger charge is -2.08. The Balaban J connectivity index is 2.01. The first kappa shape index (κ1) is 13.1. The van der Waals surface area contributed by atoms with E-state index in [1.54, 1.807) is 24.3 Å². The Morgan fingerprint density at radius 1 is 1.05 bits per heavy atom. The van der Waals surface area contributed by atoms with Gasteiger partial charge in [-0.15, -0.1) is 0 Å². The summed E-state index contributed by atoms with van der Waals surface area (Å²) in [5.74, 6) is -0.903. The molecule has 2 aromatic carbocycles. The van der Waals surface area contributed by atoms with Gasteiger partial charge in [0, 0.05) is 28.2 Å². The molecule has 21 heavy (non-hydrogen) atoms. The minimum Gasteiger partial charge on any atom is -0.329 e. The quantitative estimate of drug-likeness (QED) is 0.759. The average Bonchev–Trinajstić information content (AvgIpc) is 2.48. The lowest BCUT2D eigenvalue weighted by molar-refractivity contribution is 0.102. The Bertz CT molecular complexity index is 887. The Morgan fingerprint density at radius 3 is 2.67 bits per heavy atom. The van der Waals surface area contributed by atoms with Crippen molar-refractivity contribution in [3.63, 3.8) is 0 Å². The van der Waals surface area contributed by atoms with E-state index in [0.717, 1.165) is 6.07 Å². The molecule has 0 saturated heterocycles. The Kier molecular flexibility index (Phi) is 3.23. The summed E-state index contributed by atoms with van der Waals surface area (Å²) in [6, 6.07) is 12.2. The molecule has 104 valence electrons. The van der Waals surface area contributed by atoms with Crippen LogP contribution in [0.4, 0.5) is 10.1 Å². The van der Waals surface area contributed by atoms with Crippen LogP contribution in [0.15, 0.2) is 59.5 Å². The summed E-state index contributed by atoms with van der Waals surface area (Å²) >= 11 is 0. The molecule has 2 N–H and O–H groups in total. The second-order valence-corrected chi connectivity index (χ2v) is 4.54. The highest BCUT2D eigenvalue weighted by molar-refractivity contribution is 6.08. The number of pyridine rings is 1. The van der Waals surface area contributed by atoms with Gasteiger partial charge in [-0.3, -0.25) is 9.59 Å². The van der Waals surface area contributed by atoms with E-state index in [4.69, 9.17) is 0 Å². The van der Waals surface area contributed by atoms with Crippen LogP contribution in [0.3, 0.4) is 0 Å². The fraction of sp³-hybridized carbons (Fsp3) is 0. The lowest BCUT2D eigenvalue weighted by atomic mass is 10.1. The van der Waals surface area contributed by atoms with Crippen molar-refractivity contribution in [3.05, 3.63) is 76.5 Å². The zero-order valence-electron chi connectivity index (χ0n) is 10.9. The smallest absolute Gasteiger partial charge is 0.255 e. The van der Waals surface area contributed by atoms with Crippen molar-refractivity contribution in [2.75, 3.05) is 5.32 Å². The first-order valence-electron chi connectivity index (χ1n) is 6.32. The van der Waals surface area contributed by atoms with Crippen molar-refractivity contribution >= 4 is 22.4 Å². The molecule has 0 fully saturated rings. The van der Waals surface area contributed by atoms with Crippen molar-refractivity contribution in [1.82, 2.24) is 4.98 Å². The summed E-state index contributed by atoms with van der Waals surface area (Å²) in [5.41, 5.74) is 0.499. The number of H-pyrrole nitrogens is 1. The van der Waals surface area contributed by atoms with E-state index in [0.29, 0.717) is 16.5 Å². The first-order valence-corrected chi connectivity index (χ1v) is 6.32. The van der Waals surface area contributed by atoms with Gasteiger partial charge in [-0.2, -0.15) is 0 Å². The number of anilines is 1. The number of rotatable bonds is 2. The molecule has 0 atom stereocenters. The van der Waals surface area contributed by atoms with Crippen LogP contribution >= 0.6 is 0 Å². The van der Waals surface area contributed by atoms with Gasteiger partial charge in [-0.05, 0) is 36.4 Å². The molecule has 1 heterocycles. The van der Waals surface area contributed by atoms with Gasteiger partial charge in [-0.25, -0.2) is 4.39 Å². The summed E-state index contributed by atoms with van der Waals surface area (Å²) in [5, 5.41) is 3.81. The molecule has 4 nitrogen and oxygen atoms in total. The molecule has 0 unspecified atom stereocenters. The molecular weight excluding hydrogens is 271 g/mol. The van der Waals surface area contributed by atoms with E-state index in [-0.39, 0.29) is 11.1 Å². The standard InChI is InChI=1S/C16H11FN2O2/c17-11-4-1-3-10(9-11)15(20)19-14-6-2-5-13-12(14)7-8-18-16(13)21/h1-9H,(H,18,21)(H,19,20). The number of fused-ring (bicyclic) bond motifs is 1. The van der Waals surface area contributed by atoms with Crippen molar-refractivity contribution in [2.45, 2.75) is 0 Å². The fourth-order valence-corrected chi connectivity index (χ4v) is 2.15. The van der Waals surface area contributed by atoms with E-state index < -0.39 is 11.7 Å². The van der Waals surface area contributed by atoms with Crippen LogP contribution in [0.5, 0.6) is 0 Å². The monoisotopic (exact) mass is 282 g/mol. The molecule has 3 rings (SSSR count). The average molecular weight is 282 g/mol. The lowest BCUT2D eigenvalue weighted by Crippen LogP contribution is -2.13. The van der Waals surface area contributed by atoms with E-state index in [1.165, 1.54) is 24.4 Å². The molecule has 0 aliphatic heterocycles. The summed E-state index contributed by atoms with van der Waals surface area (Å²) in [6.45, 7) is 0. The number of aromatic amines is 1. The number of carbonyl (C=O) groups is 1. The third-order valence-corrected chi connectivity index (χ3v) is 3.15. The van der Waals surface area contributed by atoms with E-state index in [2.05, 4.69) is 10.3 Å². The Hall–Kier alpha value is -2.95. The van der Waals surface area contributed by atoms with Gasteiger partial charge < -0.3 is 10.3 Å². The number of carbonyl (C=O) groups excluding carboxylic acids is 1. The molecule has 1 aromatic heterocycles. The largest absolute Gasteiger partial charge is 0.329 e. The van der Waals surface area contributed by atoms with Crippen LogP contribution < -0.4 is 10.9 Å². The molecule has 1 amide bonds. The van der Waals surface area contributed by atoms with Gasteiger partial charge >= 0.3 is 0 Å². The molecule has 0 aliphatic rings. The first-order chi connectivity index (χ1) is 10.1. The van der Waals surface area contributed by atoms with Gasteiger partial charge in [0.25, 0.3) is 11.5 Å². The summed E-state index contributed by atoms with van der Waals surface area (Å²) < 4.78 is 13.1. The number of hydrogen-bond donors (Lipinski definition) is 2. The van der Waals surface area contributed by atoms with Crippen LogP contribution in [-0.4, -0.2) is 10.9 Å². The highest BCUT2D eigenvalue weighted by Gasteiger charge is 2.09. The second kappa shape index (κ2) is 5.20. The predicted octanol–water partition coefficient (Wildman–Crippen LogP) is 2.92. The number of nitrogens with one attached hydrogen (secondary N) is 2. The van der Waals surface area contributed by atoms with Gasteiger partial charge in [0.05, 0.1) is 0 Å². The van der Waals surface area contributed by atoms with Crippen LogP contribution in [0.2, 0.25) is 0 Å². The molecule has 3 aromatic rings. The maximum absolute atomic E-state index is 13.1. The van der Waals surface area contributed by atoms with Gasteiger partial charge in [0.15, 0.2) is 0 Å². The molecular formula is C16H11FN2O2. The Labute approximate surface area is 119 Å². The molecule has 0 bridgehead atoms. The van der Waals surface area contributed by atoms with Crippen molar-refractivity contribution < 1.29 is 9.18 Å². The SMILES string of the molecule is O=C(Nc1cccc2c(=O)[nH]ccc12)c1cccc(F)c1. The fourth-order valence-electron chi connectivity index (χ4n) is 2.15. The molecule has 5 heteroatoms. The number of aromatic nitrogens is 1. The van der Waals surface area contributed by atoms with Crippen LogP contribution in [-0.2, 0) is 0 Å². The van der Waals surface area contributed by atoms with Crippen molar-refractivity contribution in [2.24, 2.45) is 0 Å². The maximum atomic E-state index is 13.1. The zero-order valence-corrected chi connectivity index (χ0v) is 10.9. The van der Waals surface area contributed by atoms with Crippen molar-refractivity contribution in [1.29, 1.82) is 0 Å². The topological polar surface area (TPSA) is 62.0 Å². The molecule has 0 spiro atoms. The van der Waals surface area contributed by atoms with Crippen LogP contribution in [0.1, 0.15) is 10.4 Å². The number of amides is 1. The van der Waals surface area contributed by atoms with Gasteiger partial charge in [0.1, 0.15) is 5.82 Å². The van der Waals surface area contributed by atoms with Gasteiger partial charge in [-0.1, -0.05) is 12.1 Å². The van der Waals surface area contributed by atoms with E-state index >= 15 is 0 Å². The highest BCUT2D eigenvalue weighted by atomic mass is 19.1. The molecule has 0 aliphatic carbocycles. The zero-order chi connectivity index (χ0) is 14.8. The van der Waals surface area contributed by atoms with Crippen LogP contribution in [0.25, 0.3) is 10.8 Å². The second-order valence-electron chi connectivity index (χ2n) is 4.54. The normalized spacial score (nSPS) is 10.5. The third-order valence-electron chi connectivity index (χ3n) is 3.15. The number of benzene rings is 2. The third kappa shape index (κ3) is 2.53. The summed E-state index contributed by atoms with van der Waals surface area (Å²) in [7, 11) is 0. The number of halogens is 1. The highest BCUT2D eigenvalue weighted by Crippen LogP contribution is 2.21. The summed E-state index contributed by atoms with van der Waals surface area (Å²) in [6.07, 6.45) is 1.52. The van der Waals surface area contributed by atoms with Crippen molar-refractivity contribution in [3.8, 4) is 0 Å². The number of hydrogen-bond acceptors (Lipinski definition) is 2. The minimum absolute atomic E-state index is 0.219. The molecule has 0 radical (unpaired) electrons. The Morgan fingerprint density at radius 2 is 1.86 bits per heavy atom. The van der Waals surface area contributed by atoms with Gasteiger partial charge in [0.2, 0.25) is 0 Å².